The lowest BCUT2D eigenvalue weighted by molar-refractivity contribution is -0.116. The third-order valence-electron chi connectivity index (χ3n) is 4.43. The zero-order valence-corrected chi connectivity index (χ0v) is 16.6. The van der Waals surface area contributed by atoms with Crippen LogP contribution in [0, 0.1) is 6.92 Å². The number of benzene rings is 2. The zero-order valence-electron chi connectivity index (χ0n) is 15.0. The molecule has 140 valence electrons. The molecule has 7 heteroatoms. The summed E-state index contributed by atoms with van der Waals surface area (Å²) in [6, 6.07) is 17.0. The summed E-state index contributed by atoms with van der Waals surface area (Å²) in [5.41, 5.74) is 2.21. The van der Waals surface area contributed by atoms with Gasteiger partial charge in [-0.05, 0) is 36.2 Å². The molecule has 4 aromatic rings. The van der Waals surface area contributed by atoms with E-state index in [-0.39, 0.29) is 18.0 Å². The van der Waals surface area contributed by atoms with Crippen molar-refractivity contribution in [3.05, 3.63) is 81.9 Å². The molecule has 0 atom stereocenters. The van der Waals surface area contributed by atoms with Crippen LogP contribution in [0.5, 0.6) is 0 Å². The summed E-state index contributed by atoms with van der Waals surface area (Å²) in [5, 5.41) is 3.88. The average molecular weight is 410 g/mol. The van der Waals surface area contributed by atoms with Crippen LogP contribution >= 0.6 is 22.9 Å². The zero-order chi connectivity index (χ0) is 19.7. The minimum Gasteiger partial charge on any atom is -0.324 e. The first-order chi connectivity index (χ1) is 13.5. The van der Waals surface area contributed by atoms with E-state index >= 15 is 0 Å². The minimum atomic E-state index is -0.313. The van der Waals surface area contributed by atoms with Gasteiger partial charge in [-0.1, -0.05) is 48.0 Å². The van der Waals surface area contributed by atoms with Gasteiger partial charge in [0, 0.05) is 15.6 Å². The van der Waals surface area contributed by atoms with Crippen molar-refractivity contribution in [1.82, 2.24) is 9.55 Å². The van der Waals surface area contributed by atoms with Crippen molar-refractivity contribution in [2.75, 3.05) is 5.32 Å². The van der Waals surface area contributed by atoms with Crippen molar-refractivity contribution >= 4 is 44.7 Å². The Bertz CT molecular complexity index is 1230. The number of carbonyl (C=O) groups excluding carboxylic acids is 1. The third kappa shape index (κ3) is 3.56. The number of anilines is 1. The number of carbonyl (C=O) groups is 1. The Hall–Kier alpha value is -2.96. The molecule has 1 amide bonds. The summed E-state index contributed by atoms with van der Waals surface area (Å²) in [5.74, 6) is -0.313. The van der Waals surface area contributed by atoms with Crippen molar-refractivity contribution in [2.45, 2.75) is 13.5 Å². The lowest BCUT2D eigenvalue weighted by Gasteiger charge is -2.10. The Balaban J connectivity index is 1.61. The predicted molar refractivity (Wildman–Crippen MR) is 114 cm³/mol. The fourth-order valence-electron chi connectivity index (χ4n) is 2.90. The van der Waals surface area contributed by atoms with Gasteiger partial charge in [0.2, 0.25) is 5.91 Å². The second-order valence-electron chi connectivity index (χ2n) is 6.33. The van der Waals surface area contributed by atoms with E-state index in [1.165, 1.54) is 22.2 Å². The van der Waals surface area contributed by atoms with Crippen LogP contribution in [0.4, 0.5) is 5.69 Å². The number of thiophene rings is 1. The van der Waals surface area contributed by atoms with Gasteiger partial charge >= 0.3 is 0 Å². The van der Waals surface area contributed by atoms with E-state index < -0.39 is 0 Å². The van der Waals surface area contributed by atoms with E-state index in [2.05, 4.69) is 10.3 Å². The normalized spacial score (nSPS) is 10.9. The molecule has 0 saturated carbocycles. The van der Waals surface area contributed by atoms with Gasteiger partial charge in [-0.2, -0.15) is 0 Å². The highest BCUT2D eigenvalue weighted by Gasteiger charge is 2.13. The van der Waals surface area contributed by atoms with Gasteiger partial charge in [0.25, 0.3) is 5.56 Å². The first kappa shape index (κ1) is 18.4. The quantitative estimate of drug-likeness (QED) is 0.530. The third-order valence-corrected chi connectivity index (χ3v) is 5.93. The molecule has 4 rings (SSSR count). The number of halogens is 1. The van der Waals surface area contributed by atoms with Crippen LogP contribution in [0.25, 0.3) is 20.7 Å². The number of nitrogens with zero attached hydrogens (tertiary/aromatic N) is 2. The fraction of sp³-hybridized carbons (Fsp3) is 0.0952. The first-order valence-electron chi connectivity index (χ1n) is 8.62. The lowest BCUT2D eigenvalue weighted by atomic mass is 10.2. The maximum Gasteiger partial charge on any atom is 0.262 e. The molecule has 0 fully saturated rings. The summed E-state index contributed by atoms with van der Waals surface area (Å²) < 4.78 is 1.32. The van der Waals surface area contributed by atoms with Crippen LogP contribution in [-0.4, -0.2) is 15.5 Å². The SMILES string of the molecule is Cc1c(Cl)cccc1NC(=O)Cn1cnc2sc(-c3ccccc3)cc2c1=O. The first-order valence-corrected chi connectivity index (χ1v) is 9.82. The van der Waals surface area contributed by atoms with E-state index in [1.54, 1.807) is 18.2 Å². The molecule has 0 unspecified atom stereocenters. The van der Waals surface area contributed by atoms with Crippen LogP contribution in [0.2, 0.25) is 5.02 Å². The number of hydrogen-bond donors (Lipinski definition) is 1. The number of hydrogen-bond acceptors (Lipinski definition) is 4. The van der Waals surface area contributed by atoms with Crippen molar-refractivity contribution in [3.63, 3.8) is 0 Å². The Morgan fingerprint density at radius 2 is 1.96 bits per heavy atom. The number of amides is 1. The van der Waals surface area contributed by atoms with E-state index in [4.69, 9.17) is 11.6 Å². The molecule has 2 aromatic carbocycles. The number of aromatic nitrogens is 2. The van der Waals surface area contributed by atoms with Gasteiger partial charge in [-0.15, -0.1) is 11.3 Å². The standard InChI is InChI=1S/C21H16ClN3O2S/c1-13-16(22)8-5-9-17(13)24-19(26)11-25-12-23-20-15(21(25)27)10-18(28-20)14-6-3-2-4-7-14/h2-10,12H,11H2,1H3,(H,24,26). The summed E-state index contributed by atoms with van der Waals surface area (Å²) >= 11 is 7.54. The molecule has 5 nitrogen and oxygen atoms in total. The maximum atomic E-state index is 12.8. The summed E-state index contributed by atoms with van der Waals surface area (Å²) in [4.78, 5) is 31.2. The van der Waals surface area contributed by atoms with Crippen LogP contribution in [0.3, 0.4) is 0 Å². The van der Waals surface area contributed by atoms with E-state index in [0.29, 0.717) is 20.9 Å². The molecule has 0 bridgehead atoms. The molecule has 0 aliphatic carbocycles. The summed E-state index contributed by atoms with van der Waals surface area (Å²) in [6.07, 6.45) is 1.42. The van der Waals surface area contributed by atoms with Crippen LogP contribution in [0.15, 0.2) is 65.7 Å². The van der Waals surface area contributed by atoms with E-state index in [9.17, 15) is 9.59 Å². The van der Waals surface area contributed by atoms with Crippen LogP contribution < -0.4 is 10.9 Å². The van der Waals surface area contributed by atoms with Crippen molar-refractivity contribution in [2.24, 2.45) is 0 Å². The molecule has 0 saturated heterocycles. The molecule has 0 spiro atoms. The van der Waals surface area contributed by atoms with Crippen molar-refractivity contribution in [1.29, 1.82) is 0 Å². The Kier molecular flexibility index (Phi) is 4.98. The van der Waals surface area contributed by atoms with E-state index in [1.807, 2.05) is 43.3 Å². The van der Waals surface area contributed by atoms with Gasteiger partial charge in [0.1, 0.15) is 11.4 Å². The van der Waals surface area contributed by atoms with Gasteiger partial charge in [-0.3, -0.25) is 14.2 Å². The largest absolute Gasteiger partial charge is 0.324 e. The highest BCUT2D eigenvalue weighted by Crippen LogP contribution is 2.30. The van der Waals surface area contributed by atoms with Gasteiger partial charge in [-0.25, -0.2) is 4.98 Å². The average Bonchev–Trinajstić information content (AvgIpc) is 3.14. The Labute approximate surface area is 170 Å². The molecular weight excluding hydrogens is 394 g/mol. The van der Waals surface area contributed by atoms with E-state index in [0.717, 1.165) is 16.0 Å². The monoisotopic (exact) mass is 409 g/mol. The number of fused-ring (bicyclic) bond motifs is 1. The molecule has 0 aliphatic heterocycles. The Morgan fingerprint density at radius 1 is 1.18 bits per heavy atom. The molecule has 0 aliphatic rings. The van der Waals surface area contributed by atoms with Crippen molar-refractivity contribution in [3.8, 4) is 10.4 Å². The van der Waals surface area contributed by atoms with Crippen LogP contribution in [-0.2, 0) is 11.3 Å². The lowest BCUT2D eigenvalue weighted by Crippen LogP contribution is -2.27. The summed E-state index contributed by atoms with van der Waals surface area (Å²) in [6.45, 7) is 1.71. The topological polar surface area (TPSA) is 64.0 Å². The Morgan fingerprint density at radius 3 is 2.75 bits per heavy atom. The van der Waals surface area contributed by atoms with Gasteiger partial charge in [0.15, 0.2) is 0 Å². The second-order valence-corrected chi connectivity index (χ2v) is 7.77. The molecule has 2 aromatic heterocycles. The number of nitrogens with one attached hydrogen (secondary N) is 1. The van der Waals surface area contributed by atoms with Crippen molar-refractivity contribution < 1.29 is 4.79 Å². The molecule has 1 N–H and O–H groups in total. The second kappa shape index (κ2) is 7.58. The smallest absolute Gasteiger partial charge is 0.262 e. The number of rotatable bonds is 4. The van der Waals surface area contributed by atoms with Crippen LogP contribution in [0.1, 0.15) is 5.56 Å². The molecular formula is C21H16ClN3O2S. The summed E-state index contributed by atoms with van der Waals surface area (Å²) in [7, 11) is 0. The van der Waals surface area contributed by atoms with Gasteiger partial charge < -0.3 is 5.32 Å². The highest BCUT2D eigenvalue weighted by molar-refractivity contribution is 7.21. The van der Waals surface area contributed by atoms with Gasteiger partial charge in [0.05, 0.1) is 11.7 Å². The fourth-order valence-corrected chi connectivity index (χ4v) is 4.07. The molecule has 0 radical (unpaired) electrons. The highest BCUT2D eigenvalue weighted by atomic mass is 35.5. The molecule has 28 heavy (non-hydrogen) atoms. The minimum absolute atomic E-state index is 0.121. The maximum absolute atomic E-state index is 12.8. The predicted octanol–water partition coefficient (Wildman–Crippen LogP) is 4.73. The molecule has 2 heterocycles.